The zero-order valence-corrected chi connectivity index (χ0v) is 14.9. The first kappa shape index (κ1) is 17.1. The van der Waals surface area contributed by atoms with Crippen LogP contribution in [-0.2, 0) is 9.53 Å². The molecule has 0 spiro atoms. The molecular weight excluding hydrogens is 364 g/mol. The summed E-state index contributed by atoms with van der Waals surface area (Å²) >= 11 is 1.59. The number of aromatic nitrogens is 1. The SMILES string of the molecule is O=C(OCC(=O)N1c2ccccc2Sc2ccccc21)c1cc[n+]([O-])cc1. The minimum atomic E-state index is -0.656. The van der Waals surface area contributed by atoms with Crippen molar-refractivity contribution in [2.24, 2.45) is 0 Å². The highest BCUT2D eigenvalue weighted by molar-refractivity contribution is 7.99. The highest BCUT2D eigenvalue weighted by atomic mass is 32.2. The van der Waals surface area contributed by atoms with Crippen LogP contribution in [0.2, 0.25) is 0 Å². The molecule has 2 aromatic carbocycles. The van der Waals surface area contributed by atoms with Crippen molar-refractivity contribution >= 4 is 35.0 Å². The van der Waals surface area contributed by atoms with Gasteiger partial charge in [0.15, 0.2) is 19.0 Å². The first-order valence-electron chi connectivity index (χ1n) is 8.18. The van der Waals surface area contributed by atoms with E-state index >= 15 is 0 Å². The minimum absolute atomic E-state index is 0.213. The molecule has 1 aromatic heterocycles. The molecule has 0 radical (unpaired) electrons. The molecule has 0 saturated carbocycles. The number of esters is 1. The van der Waals surface area contributed by atoms with Gasteiger partial charge >= 0.3 is 5.97 Å². The van der Waals surface area contributed by atoms with Gasteiger partial charge in [-0.2, -0.15) is 4.73 Å². The van der Waals surface area contributed by atoms with Gasteiger partial charge in [-0.15, -0.1) is 0 Å². The molecule has 2 heterocycles. The molecule has 0 bridgehead atoms. The number of para-hydroxylation sites is 2. The van der Waals surface area contributed by atoms with E-state index in [4.69, 9.17) is 4.74 Å². The average Bonchev–Trinajstić information content (AvgIpc) is 2.70. The molecule has 0 atom stereocenters. The number of pyridine rings is 1. The Balaban J connectivity index is 1.57. The molecule has 3 aromatic rings. The quantitative estimate of drug-likeness (QED) is 0.397. The van der Waals surface area contributed by atoms with Crippen LogP contribution in [0.3, 0.4) is 0 Å². The van der Waals surface area contributed by atoms with Crippen LogP contribution in [0.25, 0.3) is 0 Å². The van der Waals surface area contributed by atoms with Crippen molar-refractivity contribution in [2.75, 3.05) is 11.5 Å². The van der Waals surface area contributed by atoms with Gasteiger partial charge < -0.3 is 9.94 Å². The molecule has 0 N–H and O–H groups in total. The maximum absolute atomic E-state index is 12.9. The molecule has 4 rings (SSSR count). The van der Waals surface area contributed by atoms with Crippen LogP contribution in [0.1, 0.15) is 10.4 Å². The van der Waals surface area contributed by atoms with Crippen LogP contribution in [0.5, 0.6) is 0 Å². The van der Waals surface area contributed by atoms with E-state index in [0.29, 0.717) is 4.73 Å². The summed E-state index contributed by atoms with van der Waals surface area (Å²) in [6.07, 6.45) is 2.40. The van der Waals surface area contributed by atoms with Crippen LogP contribution in [0, 0.1) is 5.21 Å². The standard InChI is InChI=1S/C20H14N2O4S/c23-19(13-26-20(24)14-9-11-21(25)12-10-14)22-15-5-1-3-7-17(15)27-18-8-4-2-6-16(18)22/h1-12H,13H2. The number of hydrogen-bond acceptors (Lipinski definition) is 5. The molecule has 0 unspecified atom stereocenters. The fourth-order valence-electron chi connectivity index (χ4n) is 2.80. The lowest BCUT2D eigenvalue weighted by Gasteiger charge is -2.30. The molecule has 0 aliphatic carbocycles. The predicted octanol–water partition coefficient (Wildman–Crippen LogP) is 3.31. The molecule has 1 aliphatic heterocycles. The largest absolute Gasteiger partial charge is 0.619 e. The predicted molar refractivity (Wildman–Crippen MR) is 99.8 cm³/mol. The number of amides is 1. The topological polar surface area (TPSA) is 73.6 Å². The summed E-state index contributed by atoms with van der Waals surface area (Å²) in [4.78, 5) is 28.5. The molecule has 0 fully saturated rings. The summed E-state index contributed by atoms with van der Waals surface area (Å²) in [6, 6.07) is 17.9. The van der Waals surface area contributed by atoms with Gasteiger partial charge in [-0.25, -0.2) is 4.79 Å². The van der Waals surface area contributed by atoms with Gasteiger partial charge in [-0.1, -0.05) is 36.0 Å². The van der Waals surface area contributed by atoms with E-state index in [-0.39, 0.29) is 11.5 Å². The van der Waals surface area contributed by atoms with Crippen molar-refractivity contribution in [1.82, 2.24) is 0 Å². The second kappa shape index (κ2) is 7.13. The van der Waals surface area contributed by atoms with E-state index < -0.39 is 12.6 Å². The molecule has 27 heavy (non-hydrogen) atoms. The summed E-state index contributed by atoms with van der Waals surface area (Å²) in [6.45, 7) is -0.404. The number of anilines is 2. The van der Waals surface area contributed by atoms with E-state index in [0.717, 1.165) is 21.2 Å². The molecule has 7 heteroatoms. The van der Waals surface area contributed by atoms with Crippen LogP contribution in [0.4, 0.5) is 11.4 Å². The van der Waals surface area contributed by atoms with Gasteiger partial charge in [0.2, 0.25) is 0 Å². The van der Waals surface area contributed by atoms with Crippen molar-refractivity contribution in [3.63, 3.8) is 0 Å². The van der Waals surface area contributed by atoms with Crippen molar-refractivity contribution < 1.29 is 19.1 Å². The third-order valence-electron chi connectivity index (χ3n) is 4.05. The van der Waals surface area contributed by atoms with Crippen molar-refractivity contribution in [3.05, 3.63) is 83.8 Å². The first-order valence-corrected chi connectivity index (χ1v) is 9.00. The second-order valence-corrected chi connectivity index (χ2v) is 6.87. The van der Waals surface area contributed by atoms with Crippen LogP contribution in [0.15, 0.2) is 82.8 Å². The second-order valence-electron chi connectivity index (χ2n) is 5.79. The maximum atomic E-state index is 12.9. The molecule has 6 nitrogen and oxygen atoms in total. The van der Waals surface area contributed by atoms with E-state index in [1.807, 2.05) is 48.5 Å². The summed E-state index contributed by atoms with van der Waals surface area (Å²) in [7, 11) is 0. The maximum Gasteiger partial charge on any atom is 0.339 e. The van der Waals surface area contributed by atoms with Gasteiger partial charge in [-0.3, -0.25) is 9.69 Å². The zero-order valence-electron chi connectivity index (χ0n) is 14.1. The first-order chi connectivity index (χ1) is 13.1. The van der Waals surface area contributed by atoms with Crippen molar-refractivity contribution in [1.29, 1.82) is 0 Å². The fourth-order valence-corrected chi connectivity index (χ4v) is 3.86. The number of fused-ring (bicyclic) bond motifs is 2. The monoisotopic (exact) mass is 378 g/mol. The van der Waals surface area contributed by atoms with E-state index in [1.165, 1.54) is 24.5 Å². The Morgan fingerprint density at radius 1 is 0.926 bits per heavy atom. The van der Waals surface area contributed by atoms with Gasteiger partial charge in [0.05, 0.1) is 16.9 Å². The number of carbonyl (C=O) groups excluding carboxylic acids is 2. The highest BCUT2D eigenvalue weighted by Gasteiger charge is 2.28. The van der Waals surface area contributed by atoms with E-state index in [2.05, 4.69) is 0 Å². The fraction of sp³-hybridized carbons (Fsp3) is 0.0500. The minimum Gasteiger partial charge on any atom is -0.619 e. The van der Waals surface area contributed by atoms with Crippen LogP contribution >= 0.6 is 11.8 Å². The molecule has 0 saturated heterocycles. The Kier molecular flexibility index (Phi) is 4.52. The number of rotatable bonds is 3. The third kappa shape index (κ3) is 3.37. The molecule has 1 aliphatic rings. The number of benzene rings is 2. The Hall–Kier alpha value is -3.32. The molecular formula is C20H14N2O4S. The third-order valence-corrected chi connectivity index (χ3v) is 5.18. The lowest BCUT2D eigenvalue weighted by atomic mass is 10.2. The van der Waals surface area contributed by atoms with Gasteiger partial charge in [-0.05, 0) is 24.3 Å². The van der Waals surface area contributed by atoms with E-state index in [1.54, 1.807) is 16.7 Å². The summed E-state index contributed by atoms with van der Waals surface area (Å²) < 4.78 is 5.74. The molecule has 134 valence electrons. The number of nitrogens with zero attached hydrogens (tertiary/aromatic N) is 2. The van der Waals surface area contributed by atoms with Crippen LogP contribution < -0.4 is 9.63 Å². The lowest BCUT2D eigenvalue weighted by molar-refractivity contribution is -0.605. The Labute approximate surface area is 159 Å². The smallest absolute Gasteiger partial charge is 0.339 e. The van der Waals surface area contributed by atoms with E-state index in [9.17, 15) is 14.8 Å². The van der Waals surface area contributed by atoms with Gasteiger partial charge in [0.1, 0.15) is 0 Å². The molecule has 1 amide bonds. The Morgan fingerprint density at radius 3 is 2.07 bits per heavy atom. The van der Waals surface area contributed by atoms with Crippen molar-refractivity contribution in [2.45, 2.75) is 9.79 Å². The summed E-state index contributed by atoms with van der Waals surface area (Å²) in [5.74, 6) is -1.00. The Bertz CT molecular complexity index is 975. The normalized spacial score (nSPS) is 12.1. The highest BCUT2D eigenvalue weighted by Crippen LogP contribution is 2.47. The zero-order chi connectivity index (χ0) is 18.8. The van der Waals surface area contributed by atoms with Crippen LogP contribution in [-0.4, -0.2) is 18.5 Å². The summed E-state index contributed by atoms with van der Waals surface area (Å²) in [5, 5.41) is 11.1. The number of ether oxygens (including phenoxy) is 1. The Morgan fingerprint density at radius 2 is 1.48 bits per heavy atom. The number of hydrogen-bond donors (Lipinski definition) is 0. The lowest BCUT2D eigenvalue weighted by Crippen LogP contribution is -2.32. The van der Waals surface area contributed by atoms with Gasteiger partial charge in [0, 0.05) is 21.9 Å². The van der Waals surface area contributed by atoms with Gasteiger partial charge in [0.25, 0.3) is 5.91 Å². The number of carbonyl (C=O) groups is 2. The summed E-state index contributed by atoms with van der Waals surface area (Å²) in [5.41, 5.74) is 1.73. The van der Waals surface area contributed by atoms with Crippen molar-refractivity contribution in [3.8, 4) is 0 Å². The average molecular weight is 378 g/mol.